The molecule has 11 aromatic rings. The fraction of sp³-hybridized carbons (Fsp3) is 0. The van der Waals surface area contributed by atoms with Gasteiger partial charge in [0.15, 0.2) is 5.82 Å². The smallest absolute Gasteiger partial charge is 0.161 e. The summed E-state index contributed by atoms with van der Waals surface area (Å²) < 4.78 is 13.2. The number of benzene rings is 7. The van der Waals surface area contributed by atoms with Crippen molar-refractivity contribution in [3.8, 4) is 67.4 Å². The summed E-state index contributed by atoms with van der Waals surface area (Å²) in [6.45, 7) is 0. The highest BCUT2D eigenvalue weighted by Gasteiger charge is 2.21. The first-order chi connectivity index (χ1) is 27.8. The van der Waals surface area contributed by atoms with E-state index in [1.54, 1.807) is 0 Å². The van der Waals surface area contributed by atoms with Crippen molar-refractivity contribution >= 4 is 43.9 Å². The van der Waals surface area contributed by atoms with Crippen LogP contribution in [0.2, 0.25) is 0 Å². The Morgan fingerprint density at radius 3 is 1.70 bits per heavy atom. The maximum absolute atomic E-state index is 6.71. The molecule has 0 radical (unpaired) electrons. The lowest BCUT2D eigenvalue weighted by atomic mass is 9.93. The summed E-state index contributed by atoms with van der Waals surface area (Å²) in [7, 11) is 0. The van der Waals surface area contributed by atoms with Gasteiger partial charge in [-0.3, -0.25) is 4.98 Å². The molecule has 56 heavy (non-hydrogen) atoms. The van der Waals surface area contributed by atoms with E-state index in [0.29, 0.717) is 5.82 Å². The number of aromatic nitrogens is 3. The van der Waals surface area contributed by atoms with Crippen molar-refractivity contribution in [2.75, 3.05) is 0 Å². The molecule has 0 fully saturated rings. The number of fused-ring (bicyclic) bond motifs is 6. The second-order valence-electron chi connectivity index (χ2n) is 13.9. The first-order valence-corrected chi connectivity index (χ1v) is 18.7. The SMILES string of the molecule is c1ccc(-c2cc(-c3ccc(-c4ccc(-c5cccc6c5oc5ccccc56)c5oc6ccccc6c45)cc3)nc(-c3ccccc3-c3ccccn3)n2)cc1. The fourth-order valence-electron chi connectivity index (χ4n) is 7.96. The second-order valence-corrected chi connectivity index (χ2v) is 13.9. The van der Waals surface area contributed by atoms with Crippen LogP contribution in [0.4, 0.5) is 0 Å². The molecular weight excluding hydrogens is 687 g/mol. The third-order valence-corrected chi connectivity index (χ3v) is 10.6. The predicted octanol–water partition coefficient (Wildman–Crippen LogP) is 13.7. The molecule has 0 amide bonds. The van der Waals surface area contributed by atoms with Crippen molar-refractivity contribution in [1.29, 1.82) is 0 Å². The van der Waals surface area contributed by atoms with Gasteiger partial charge >= 0.3 is 0 Å². The molecule has 0 atom stereocenters. The molecule has 5 heteroatoms. The van der Waals surface area contributed by atoms with Crippen molar-refractivity contribution < 1.29 is 8.83 Å². The van der Waals surface area contributed by atoms with Gasteiger partial charge in [0, 0.05) is 61.1 Å². The maximum atomic E-state index is 6.71. The number of nitrogens with zero attached hydrogens (tertiary/aromatic N) is 3. The molecule has 5 nitrogen and oxygen atoms in total. The Bertz CT molecular complexity index is 3240. The van der Waals surface area contributed by atoms with E-state index in [2.05, 4.69) is 114 Å². The Kier molecular flexibility index (Phi) is 7.42. The van der Waals surface area contributed by atoms with Crippen LogP contribution in [0, 0.1) is 0 Å². The molecule has 0 bridgehead atoms. The quantitative estimate of drug-likeness (QED) is 0.171. The summed E-state index contributed by atoms with van der Waals surface area (Å²) in [5, 5.41) is 4.33. The minimum absolute atomic E-state index is 0.647. The van der Waals surface area contributed by atoms with E-state index in [1.165, 1.54) is 0 Å². The molecule has 4 aromatic heterocycles. The van der Waals surface area contributed by atoms with E-state index in [0.717, 1.165) is 105 Å². The number of furan rings is 2. The summed E-state index contributed by atoms with van der Waals surface area (Å²) in [6, 6.07) is 62.3. The Morgan fingerprint density at radius 1 is 0.339 bits per heavy atom. The molecule has 262 valence electrons. The van der Waals surface area contributed by atoms with Gasteiger partial charge in [-0.1, -0.05) is 146 Å². The molecule has 0 saturated heterocycles. The number of hydrogen-bond acceptors (Lipinski definition) is 5. The number of pyridine rings is 1. The largest absolute Gasteiger partial charge is 0.455 e. The molecular formula is C51H31N3O2. The van der Waals surface area contributed by atoms with Gasteiger partial charge in [0.05, 0.1) is 17.1 Å². The number of rotatable bonds is 6. The molecule has 0 spiro atoms. The Hall–Kier alpha value is -7.63. The highest BCUT2D eigenvalue weighted by atomic mass is 16.3. The van der Waals surface area contributed by atoms with Gasteiger partial charge in [-0.25, -0.2) is 9.97 Å². The van der Waals surface area contributed by atoms with E-state index in [-0.39, 0.29) is 0 Å². The van der Waals surface area contributed by atoms with Crippen molar-refractivity contribution in [3.05, 3.63) is 188 Å². The maximum Gasteiger partial charge on any atom is 0.161 e. The zero-order valence-electron chi connectivity index (χ0n) is 30.1. The lowest BCUT2D eigenvalue weighted by molar-refractivity contribution is 0.665. The molecule has 0 saturated carbocycles. The van der Waals surface area contributed by atoms with Crippen molar-refractivity contribution in [3.63, 3.8) is 0 Å². The lowest BCUT2D eigenvalue weighted by Gasteiger charge is -2.13. The molecule has 7 aromatic carbocycles. The zero-order chi connectivity index (χ0) is 37.0. The summed E-state index contributed by atoms with van der Waals surface area (Å²) in [5.74, 6) is 0.647. The summed E-state index contributed by atoms with van der Waals surface area (Å²) in [5.41, 5.74) is 14.1. The van der Waals surface area contributed by atoms with Gasteiger partial charge in [0.1, 0.15) is 22.3 Å². The first kappa shape index (κ1) is 31.9. The minimum Gasteiger partial charge on any atom is -0.455 e. The first-order valence-electron chi connectivity index (χ1n) is 18.7. The average molecular weight is 718 g/mol. The summed E-state index contributed by atoms with van der Waals surface area (Å²) in [4.78, 5) is 15.0. The van der Waals surface area contributed by atoms with E-state index in [1.807, 2.05) is 79.0 Å². The average Bonchev–Trinajstić information content (AvgIpc) is 3.86. The van der Waals surface area contributed by atoms with Crippen LogP contribution in [0.5, 0.6) is 0 Å². The van der Waals surface area contributed by atoms with Crippen molar-refractivity contribution in [2.45, 2.75) is 0 Å². The minimum atomic E-state index is 0.647. The van der Waals surface area contributed by atoms with Crippen LogP contribution in [0.25, 0.3) is 111 Å². The Morgan fingerprint density at radius 2 is 0.911 bits per heavy atom. The summed E-state index contributed by atoms with van der Waals surface area (Å²) in [6.07, 6.45) is 1.81. The molecule has 11 rings (SSSR count). The molecule has 0 unspecified atom stereocenters. The number of para-hydroxylation sites is 3. The van der Waals surface area contributed by atoms with Crippen molar-refractivity contribution in [1.82, 2.24) is 15.0 Å². The Balaban J connectivity index is 1.05. The van der Waals surface area contributed by atoms with Crippen LogP contribution < -0.4 is 0 Å². The van der Waals surface area contributed by atoms with Gasteiger partial charge in [-0.2, -0.15) is 0 Å². The third-order valence-electron chi connectivity index (χ3n) is 10.6. The van der Waals surface area contributed by atoms with Gasteiger partial charge in [-0.15, -0.1) is 0 Å². The third kappa shape index (κ3) is 5.29. The van der Waals surface area contributed by atoms with Crippen LogP contribution in [0.1, 0.15) is 0 Å². The highest BCUT2D eigenvalue weighted by Crippen LogP contribution is 2.45. The highest BCUT2D eigenvalue weighted by molar-refractivity contribution is 6.18. The monoisotopic (exact) mass is 717 g/mol. The van der Waals surface area contributed by atoms with Crippen LogP contribution in [-0.4, -0.2) is 15.0 Å². The zero-order valence-corrected chi connectivity index (χ0v) is 30.1. The van der Waals surface area contributed by atoms with Gasteiger partial charge in [0.2, 0.25) is 0 Å². The van der Waals surface area contributed by atoms with Crippen LogP contribution in [0.15, 0.2) is 197 Å². The molecule has 4 heterocycles. The standard InChI is InChI=1S/C51H31N3O2/c1-2-13-33(14-3-1)44-31-45(54-51(53-44)41-17-5-4-15-36(41)43-21-10-11-30-52-43)34-26-24-32(25-27-34)35-28-29-40(50-48(35)42-18-7-9-23-47(42)56-50)39-20-12-19-38-37-16-6-8-22-46(37)55-49(38)39/h1-31H. The molecule has 0 aliphatic heterocycles. The van der Waals surface area contributed by atoms with Gasteiger partial charge in [-0.05, 0) is 47.5 Å². The summed E-state index contributed by atoms with van der Waals surface area (Å²) >= 11 is 0. The van der Waals surface area contributed by atoms with E-state index in [4.69, 9.17) is 18.8 Å². The number of hydrogen-bond donors (Lipinski definition) is 0. The van der Waals surface area contributed by atoms with Crippen LogP contribution >= 0.6 is 0 Å². The van der Waals surface area contributed by atoms with Crippen molar-refractivity contribution in [2.24, 2.45) is 0 Å². The van der Waals surface area contributed by atoms with E-state index < -0.39 is 0 Å². The van der Waals surface area contributed by atoms with Crippen LogP contribution in [-0.2, 0) is 0 Å². The second kappa shape index (κ2) is 13.0. The Labute approximate surface area is 322 Å². The van der Waals surface area contributed by atoms with Gasteiger partial charge < -0.3 is 8.83 Å². The molecule has 0 aliphatic carbocycles. The topological polar surface area (TPSA) is 65.0 Å². The van der Waals surface area contributed by atoms with Gasteiger partial charge in [0.25, 0.3) is 0 Å². The fourth-order valence-corrected chi connectivity index (χ4v) is 7.96. The molecule has 0 aliphatic rings. The van der Waals surface area contributed by atoms with E-state index >= 15 is 0 Å². The molecule has 0 N–H and O–H groups in total. The normalized spacial score (nSPS) is 11.6. The predicted molar refractivity (Wildman–Crippen MR) is 227 cm³/mol. The van der Waals surface area contributed by atoms with Crippen LogP contribution in [0.3, 0.4) is 0 Å². The van der Waals surface area contributed by atoms with E-state index in [9.17, 15) is 0 Å². The lowest BCUT2D eigenvalue weighted by Crippen LogP contribution is -1.98.